The summed E-state index contributed by atoms with van der Waals surface area (Å²) in [6.45, 7) is 6.69. The van der Waals surface area contributed by atoms with Gasteiger partial charge in [-0.15, -0.1) is 0 Å². The predicted molar refractivity (Wildman–Crippen MR) is 178 cm³/mol. The van der Waals surface area contributed by atoms with E-state index in [2.05, 4.69) is 21.4 Å². The fraction of sp³-hybridized carbons (Fsp3) is 0.903. The second-order valence-electron chi connectivity index (χ2n) is 10.3. The molecular formula is C31H62N4O15. The topological polar surface area (TPSA) is 221 Å². The largest absolute Gasteiger partial charge is 0.382 e. The van der Waals surface area contributed by atoms with Crippen LogP contribution in [0.5, 0.6) is 0 Å². The van der Waals surface area contributed by atoms with E-state index in [1.54, 1.807) is 14.2 Å². The number of hydroxylamine groups is 1. The first-order valence-corrected chi connectivity index (χ1v) is 16.9. The van der Waals surface area contributed by atoms with Crippen molar-refractivity contribution in [1.82, 2.24) is 21.4 Å². The lowest BCUT2D eigenvalue weighted by atomic mass is 10.3. The Balaban J connectivity index is 4.08. The van der Waals surface area contributed by atoms with Crippen molar-refractivity contribution in [3.63, 3.8) is 0 Å². The van der Waals surface area contributed by atoms with Crippen LogP contribution in [0.4, 0.5) is 0 Å². The number of nitrogens with one attached hydrogen (secondary N) is 4. The van der Waals surface area contributed by atoms with Crippen molar-refractivity contribution in [3.05, 3.63) is 0 Å². The highest BCUT2D eigenvalue weighted by Crippen LogP contribution is 1.97. The molecule has 0 heterocycles. The number of hydrogen-bond donors (Lipinski definition) is 5. The van der Waals surface area contributed by atoms with Crippen molar-refractivity contribution in [2.75, 3.05) is 166 Å². The van der Waals surface area contributed by atoms with Crippen LogP contribution in [0.25, 0.3) is 0 Å². The minimum Gasteiger partial charge on any atom is -0.382 e. The Kier molecular flexibility index (Phi) is 38.0. The van der Waals surface area contributed by atoms with Crippen LogP contribution in [0.1, 0.15) is 12.8 Å². The molecule has 19 heteroatoms. The molecule has 0 aromatic carbocycles. The normalized spacial score (nSPS) is 11.3. The van der Waals surface area contributed by atoms with Crippen molar-refractivity contribution < 1.29 is 71.7 Å². The Morgan fingerprint density at radius 3 is 1.32 bits per heavy atom. The van der Waals surface area contributed by atoms with Gasteiger partial charge < -0.3 is 73.3 Å². The number of amides is 3. The van der Waals surface area contributed by atoms with Crippen LogP contribution in [0, 0.1) is 0 Å². The Hall–Kier alpha value is -2.11. The lowest BCUT2D eigenvalue weighted by Gasteiger charge is -2.18. The van der Waals surface area contributed by atoms with E-state index in [1.807, 2.05) is 0 Å². The van der Waals surface area contributed by atoms with Crippen molar-refractivity contribution in [2.24, 2.45) is 0 Å². The lowest BCUT2D eigenvalue weighted by molar-refractivity contribution is -0.132. The third-order valence-corrected chi connectivity index (χ3v) is 6.05. The number of unbranched alkanes of at least 4 members (excludes halogenated alkanes) is 1. The highest BCUT2D eigenvalue weighted by Gasteiger charge is 2.13. The molecular weight excluding hydrogens is 668 g/mol. The Morgan fingerprint density at radius 1 is 0.460 bits per heavy atom. The number of rotatable bonds is 40. The summed E-state index contributed by atoms with van der Waals surface area (Å²) in [6, 6.07) is 0. The van der Waals surface area contributed by atoms with Crippen LogP contribution >= 0.6 is 0 Å². The molecule has 0 rings (SSSR count). The van der Waals surface area contributed by atoms with Crippen LogP contribution in [0.15, 0.2) is 0 Å². The molecule has 296 valence electrons. The van der Waals surface area contributed by atoms with E-state index in [9.17, 15) is 14.4 Å². The lowest BCUT2D eigenvalue weighted by Crippen LogP contribution is -2.34. The maximum atomic E-state index is 12.2. The summed E-state index contributed by atoms with van der Waals surface area (Å²) in [5.41, 5.74) is 2.07. The van der Waals surface area contributed by atoms with Crippen LogP contribution < -0.4 is 21.4 Å². The smallest absolute Gasteiger partial charge is 0.246 e. The standard InChI is InChI=1S/C31H62N4O15/c1-40-11-13-44-17-21-48-25-29(36)33-7-9-42-15-19-46-23-28(50-27-31(38)32-5-3-4-6-35-39)24-47-20-16-43-10-8-34-30(37)26-49-22-18-45-14-12-41-2/h28,35,39H,3-27H2,1-2H3,(H,32,38)(H,33,36)(H,34,37). The zero-order chi connectivity index (χ0) is 36.6. The molecule has 0 aromatic heterocycles. The molecule has 3 amide bonds. The van der Waals surface area contributed by atoms with E-state index in [0.29, 0.717) is 118 Å². The van der Waals surface area contributed by atoms with Gasteiger partial charge >= 0.3 is 0 Å². The fourth-order valence-electron chi connectivity index (χ4n) is 3.50. The summed E-state index contributed by atoms with van der Waals surface area (Å²) >= 11 is 0. The van der Waals surface area contributed by atoms with Gasteiger partial charge in [-0.2, -0.15) is 0 Å². The molecule has 0 atom stereocenters. The minimum absolute atomic E-state index is 0.0623. The molecule has 19 nitrogen and oxygen atoms in total. The molecule has 0 saturated carbocycles. The third-order valence-electron chi connectivity index (χ3n) is 6.05. The zero-order valence-electron chi connectivity index (χ0n) is 29.9. The summed E-state index contributed by atoms with van der Waals surface area (Å²) in [4.78, 5) is 35.7. The molecule has 0 aliphatic heterocycles. The molecule has 50 heavy (non-hydrogen) atoms. The van der Waals surface area contributed by atoms with Gasteiger partial charge in [-0.25, -0.2) is 5.48 Å². The first-order valence-electron chi connectivity index (χ1n) is 16.9. The number of ether oxygens (including phenoxy) is 11. The summed E-state index contributed by atoms with van der Waals surface area (Å²) < 4.78 is 58.7. The molecule has 0 aliphatic rings. The molecule has 0 radical (unpaired) electrons. The predicted octanol–water partition coefficient (Wildman–Crippen LogP) is -2.10. The van der Waals surface area contributed by atoms with E-state index in [4.69, 9.17) is 57.3 Å². The SMILES string of the molecule is COCCOCCOCC(=O)NCCOCCOCC(COCCOCCNC(=O)COCCOCCOC)OCC(=O)NCCCCNO. The monoisotopic (exact) mass is 730 g/mol. The van der Waals surface area contributed by atoms with E-state index in [1.165, 1.54) is 0 Å². The molecule has 0 spiro atoms. The second-order valence-corrected chi connectivity index (χ2v) is 10.3. The maximum Gasteiger partial charge on any atom is 0.246 e. The molecule has 0 aromatic rings. The number of carbonyl (C=O) groups excluding carboxylic acids is 3. The van der Waals surface area contributed by atoms with Crippen molar-refractivity contribution in [1.29, 1.82) is 0 Å². The molecule has 5 N–H and O–H groups in total. The van der Waals surface area contributed by atoms with E-state index < -0.39 is 6.10 Å². The van der Waals surface area contributed by atoms with Gasteiger partial charge in [0.15, 0.2) is 0 Å². The van der Waals surface area contributed by atoms with Gasteiger partial charge in [0.2, 0.25) is 17.7 Å². The van der Waals surface area contributed by atoms with Gasteiger partial charge in [-0.3, -0.25) is 14.4 Å². The molecule has 0 unspecified atom stereocenters. The van der Waals surface area contributed by atoms with Crippen molar-refractivity contribution in [3.8, 4) is 0 Å². The number of carbonyl (C=O) groups is 3. The van der Waals surface area contributed by atoms with Gasteiger partial charge in [-0.05, 0) is 12.8 Å². The third kappa shape index (κ3) is 37.2. The average molecular weight is 731 g/mol. The van der Waals surface area contributed by atoms with Crippen molar-refractivity contribution >= 4 is 17.7 Å². The van der Waals surface area contributed by atoms with Crippen LogP contribution in [0.2, 0.25) is 0 Å². The fourth-order valence-corrected chi connectivity index (χ4v) is 3.50. The Bertz CT molecular complexity index is 728. The first-order chi connectivity index (χ1) is 24.5. The minimum atomic E-state index is -0.520. The molecule has 0 aliphatic carbocycles. The Labute approximate surface area is 295 Å². The summed E-state index contributed by atoms with van der Waals surface area (Å²) in [5.74, 6) is -0.769. The van der Waals surface area contributed by atoms with Gasteiger partial charge in [0.1, 0.15) is 25.9 Å². The van der Waals surface area contributed by atoms with E-state index >= 15 is 0 Å². The Morgan fingerprint density at radius 2 is 0.840 bits per heavy atom. The molecule has 0 saturated heterocycles. The summed E-state index contributed by atoms with van der Waals surface area (Å²) in [6.07, 6.45) is 0.902. The van der Waals surface area contributed by atoms with Crippen LogP contribution in [-0.4, -0.2) is 195 Å². The summed E-state index contributed by atoms with van der Waals surface area (Å²) in [5, 5.41) is 16.8. The quantitative estimate of drug-likeness (QED) is 0.0337. The average Bonchev–Trinajstić information content (AvgIpc) is 3.11. The first kappa shape index (κ1) is 47.9. The highest BCUT2D eigenvalue weighted by atomic mass is 16.6. The number of methoxy groups -OCH3 is 2. The van der Waals surface area contributed by atoms with Crippen LogP contribution in [-0.2, 0) is 66.5 Å². The zero-order valence-corrected chi connectivity index (χ0v) is 29.9. The summed E-state index contributed by atoms with van der Waals surface area (Å²) in [7, 11) is 3.19. The van der Waals surface area contributed by atoms with Crippen LogP contribution in [0.3, 0.4) is 0 Å². The number of hydrogen-bond acceptors (Lipinski definition) is 16. The highest BCUT2D eigenvalue weighted by molar-refractivity contribution is 5.77. The molecule has 0 fully saturated rings. The maximum absolute atomic E-state index is 12.2. The van der Waals surface area contributed by atoms with Gasteiger partial charge in [0.25, 0.3) is 0 Å². The second kappa shape index (κ2) is 39.7. The van der Waals surface area contributed by atoms with Gasteiger partial charge in [0, 0.05) is 40.4 Å². The van der Waals surface area contributed by atoms with E-state index in [-0.39, 0.29) is 64.0 Å². The van der Waals surface area contributed by atoms with Gasteiger partial charge in [0.05, 0.1) is 106 Å². The van der Waals surface area contributed by atoms with E-state index in [0.717, 1.165) is 0 Å². The molecule has 0 bridgehead atoms. The van der Waals surface area contributed by atoms with Gasteiger partial charge in [-0.1, -0.05) is 0 Å². The van der Waals surface area contributed by atoms with Crippen molar-refractivity contribution in [2.45, 2.75) is 18.9 Å².